The molecule has 0 unspecified atom stereocenters. The van der Waals surface area contributed by atoms with E-state index in [4.69, 9.17) is 4.74 Å². The number of rotatable bonds is 7. The lowest BCUT2D eigenvalue weighted by Crippen LogP contribution is -2.69. The van der Waals surface area contributed by atoms with E-state index in [9.17, 15) is 9.90 Å². The normalized spacial score (nSPS) is 21.4. The molecular weight excluding hydrogens is 302 g/mol. The molecular formula is C20H23NO3. The van der Waals surface area contributed by atoms with Gasteiger partial charge in [0, 0.05) is 6.54 Å². The molecule has 4 heteroatoms. The van der Waals surface area contributed by atoms with Crippen LogP contribution in [0.2, 0.25) is 0 Å². The SMILES string of the molecule is CC[C@H](O)[C@H]1[C@@H](OCc2ccccc2)C(=O)N1Cc1ccccc1. The standard InChI is InChI=1S/C20H23NO3/c1-2-17(22)18-19(24-14-16-11-7-4-8-12-16)20(23)21(18)13-15-9-5-3-6-10-15/h3-12,17-19,22H,2,13-14H2,1H3/t17-,18-,19+/m0/s1. The van der Waals surface area contributed by atoms with E-state index in [0.717, 1.165) is 11.1 Å². The summed E-state index contributed by atoms with van der Waals surface area (Å²) in [7, 11) is 0. The van der Waals surface area contributed by atoms with Crippen molar-refractivity contribution in [2.45, 2.75) is 44.7 Å². The van der Waals surface area contributed by atoms with Crippen LogP contribution < -0.4 is 0 Å². The van der Waals surface area contributed by atoms with Crippen LogP contribution in [0, 0.1) is 0 Å². The third-order valence-electron chi connectivity index (χ3n) is 4.48. The van der Waals surface area contributed by atoms with E-state index in [-0.39, 0.29) is 11.9 Å². The lowest BCUT2D eigenvalue weighted by atomic mass is 9.90. The van der Waals surface area contributed by atoms with Crippen LogP contribution in [0.15, 0.2) is 60.7 Å². The number of amides is 1. The van der Waals surface area contributed by atoms with E-state index < -0.39 is 12.2 Å². The topological polar surface area (TPSA) is 49.8 Å². The molecule has 1 amide bonds. The maximum atomic E-state index is 12.5. The van der Waals surface area contributed by atoms with Crippen LogP contribution in [0.5, 0.6) is 0 Å². The second kappa shape index (κ2) is 7.60. The van der Waals surface area contributed by atoms with E-state index in [1.807, 2.05) is 67.6 Å². The van der Waals surface area contributed by atoms with Gasteiger partial charge in [0.2, 0.25) is 0 Å². The number of aliphatic hydroxyl groups excluding tert-OH is 1. The summed E-state index contributed by atoms with van der Waals surface area (Å²) in [6, 6.07) is 19.3. The number of nitrogens with zero attached hydrogens (tertiary/aromatic N) is 1. The van der Waals surface area contributed by atoms with Crippen LogP contribution in [0.1, 0.15) is 24.5 Å². The van der Waals surface area contributed by atoms with Gasteiger partial charge in [-0.15, -0.1) is 0 Å². The quantitative estimate of drug-likeness (QED) is 0.796. The number of carbonyl (C=O) groups excluding carboxylic acids is 1. The third kappa shape index (κ3) is 3.50. The van der Waals surface area contributed by atoms with E-state index in [1.165, 1.54) is 0 Å². The Hall–Kier alpha value is -2.17. The molecule has 3 atom stereocenters. The first kappa shape index (κ1) is 16.7. The molecule has 1 aliphatic heterocycles. The van der Waals surface area contributed by atoms with Crippen molar-refractivity contribution in [1.82, 2.24) is 4.90 Å². The highest BCUT2D eigenvalue weighted by atomic mass is 16.5. The van der Waals surface area contributed by atoms with Gasteiger partial charge in [-0.05, 0) is 17.5 Å². The van der Waals surface area contributed by atoms with Gasteiger partial charge in [-0.3, -0.25) is 4.79 Å². The second-order valence-corrected chi connectivity index (χ2v) is 6.14. The Morgan fingerprint density at radius 1 is 1.04 bits per heavy atom. The molecule has 0 radical (unpaired) electrons. The predicted molar refractivity (Wildman–Crippen MR) is 92.1 cm³/mol. The zero-order chi connectivity index (χ0) is 16.9. The Morgan fingerprint density at radius 2 is 1.62 bits per heavy atom. The second-order valence-electron chi connectivity index (χ2n) is 6.14. The Balaban J connectivity index is 1.67. The maximum absolute atomic E-state index is 12.5. The number of benzene rings is 2. The van der Waals surface area contributed by atoms with Gasteiger partial charge in [-0.1, -0.05) is 67.6 Å². The Bertz CT molecular complexity index is 659. The molecule has 1 saturated heterocycles. The summed E-state index contributed by atoms with van der Waals surface area (Å²) in [5.41, 5.74) is 2.08. The summed E-state index contributed by atoms with van der Waals surface area (Å²) in [5, 5.41) is 10.3. The van der Waals surface area contributed by atoms with Crippen molar-refractivity contribution >= 4 is 5.91 Å². The van der Waals surface area contributed by atoms with Gasteiger partial charge in [-0.2, -0.15) is 0 Å². The third-order valence-corrected chi connectivity index (χ3v) is 4.48. The van der Waals surface area contributed by atoms with Crippen LogP contribution in [0.3, 0.4) is 0 Å². The van der Waals surface area contributed by atoms with Crippen LogP contribution in [0.25, 0.3) is 0 Å². The van der Waals surface area contributed by atoms with Crippen molar-refractivity contribution in [3.8, 4) is 0 Å². The van der Waals surface area contributed by atoms with E-state index in [0.29, 0.717) is 19.6 Å². The average Bonchev–Trinajstić information content (AvgIpc) is 2.64. The molecule has 2 aromatic carbocycles. The van der Waals surface area contributed by atoms with Gasteiger partial charge < -0.3 is 14.7 Å². The molecule has 0 aromatic heterocycles. The lowest BCUT2D eigenvalue weighted by molar-refractivity contribution is -0.188. The first-order chi connectivity index (χ1) is 11.7. The maximum Gasteiger partial charge on any atom is 0.254 e. The van der Waals surface area contributed by atoms with Gasteiger partial charge in [0.15, 0.2) is 6.10 Å². The highest BCUT2D eigenvalue weighted by molar-refractivity contribution is 5.88. The summed E-state index contributed by atoms with van der Waals surface area (Å²) in [4.78, 5) is 14.2. The first-order valence-electron chi connectivity index (χ1n) is 8.38. The molecule has 0 spiro atoms. The first-order valence-corrected chi connectivity index (χ1v) is 8.38. The van der Waals surface area contributed by atoms with Gasteiger partial charge in [-0.25, -0.2) is 0 Å². The zero-order valence-corrected chi connectivity index (χ0v) is 13.8. The largest absolute Gasteiger partial charge is 0.391 e. The fraction of sp³-hybridized carbons (Fsp3) is 0.350. The van der Waals surface area contributed by atoms with E-state index in [1.54, 1.807) is 4.90 Å². The number of ether oxygens (including phenoxy) is 1. The fourth-order valence-electron chi connectivity index (χ4n) is 3.08. The van der Waals surface area contributed by atoms with Crippen molar-refractivity contribution in [2.75, 3.05) is 0 Å². The Kier molecular flexibility index (Phi) is 5.28. The monoisotopic (exact) mass is 325 g/mol. The van der Waals surface area contributed by atoms with Crippen LogP contribution >= 0.6 is 0 Å². The average molecular weight is 325 g/mol. The molecule has 1 fully saturated rings. The zero-order valence-electron chi connectivity index (χ0n) is 13.8. The molecule has 3 rings (SSSR count). The molecule has 24 heavy (non-hydrogen) atoms. The summed E-state index contributed by atoms with van der Waals surface area (Å²) in [6.45, 7) is 2.80. The van der Waals surface area contributed by atoms with Gasteiger partial charge in [0.05, 0.1) is 18.8 Å². The van der Waals surface area contributed by atoms with E-state index >= 15 is 0 Å². The number of likely N-dealkylation sites (tertiary alicyclic amines) is 1. The minimum Gasteiger partial charge on any atom is -0.391 e. The molecule has 126 valence electrons. The van der Waals surface area contributed by atoms with Crippen molar-refractivity contribution in [3.63, 3.8) is 0 Å². The van der Waals surface area contributed by atoms with Gasteiger partial charge in [0.25, 0.3) is 5.91 Å². The smallest absolute Gasteiger partial charge is 0.254 e. The molecule has 0 saturated carbocycles. The van der Waals surface area contributed by atoms with Crippen molar-refractivity contribution in [2.24, 2.45) is 0 Å². The molecule has 1 aliphatic rings. The van der Waals surface area contributed by atoms with Crippen molar-refractivity contribution in [1.29, 1.82) is 0 Å². The Morgan fingerprint density at radius 3 is 2.21 bits per heavy atom. The Labute approximate surface area is 142 Å². The van der Waals surface area contributed by atoms with E-state index in [2.05, 4.69) is 0 Å². The molecule has 1 heterocycles. The van der Waals surface area contributed by atoms with Gasteiger partial charge in [0.1, 0.15) is 0 Å². The summed E-state index contributed by atoms with van der Waals surface area (Å²) < 4.78 is 5.83. The van der Waals surface area contributed by atoms with Crippen LogP contribution in [-0.4, -0.2) is 34.2 Å². The highest BCUT2D eigenvalue weighted by Gasteiger charge is 2.51. The minimum absolute atomic E-state index is 0.0488. The summed E-state index contributed by atoms with van der Waals surface area (Å²) in [6.07, 6.45) is -0.551. The predicted octanol–water partition coefficient (Wildman–Crippen LogP) is 2.75. The molecule has 0 aliphatic carbocycles. The minimum atomic E-state index is -0.577. The summed E-state index contributed by atoms with van der Waals surface area (Å²) >= 11 is 0. The number of hydrogen-bond acceptors (Lipinski definition) is 3. The molecule has 4 nitrogen and oxygen atoms in total. The number of β-lactam (4-membered cyclic amide) rings is 1. The highest BCUT2D eigenvalue weighted by Crippen LogP contribution is 2.30. The number of aliphatic hydroxyl groups is 1. The summed E-state index contributed by atoms with van der Waals surface area (Å²) in [5.74, 6) is -0.0488. The molecule has 0 bridgehead atoms. The van der Waals surface area contributed by atoms with Crippen molar-refractivity contribution in [3.05, 3.63) is 71.8 Å². The fourth-order valence-corrected chi connectivity index (χ4v) is 3.08. The molecule has 2 aromatic rings. The van der Waals surface area contributed by atoms with Crippen LogP contribution in [0.4, 0.5) is 0 Å². The van der Waals surface area contributed by atoms with Crippen LogP contribution in [-0.2, 0) is 22.7 Å². The van der Waals surface area contributed by atoms with Gasteiger partial charge >= 0.3 is 0 Å². The lowest BCUT2D eigenvalue weighted by Gasteiger charge is -2.48. The number of hydrogen-bond donors (Lipinski definition) is 1. The molecule has 1 N–H and O–H groups in total. The van der Waals surface area contributed by atoms with Crippen molar-refractivity contribution < 1.29 is 14.6 Å². The number of carbonyl (C=O) groups is 1.